The molecule has 0 amide bonds. The van der Waals surface area contributed by atoms with Gasteiger partial charge in [-0.1, -0.05) is 0 Å². The van der Waals surface area contributed by atoms with Crippen LogP contribution < -0.4 is 5.32 Å². The summed E-state index contributed by atoms with van der Waals surface area (Å²) in [7, 11) is 2.06. The van der Waals surface area contributed by atoms with E-state index in [0.717, 1.165) is 25.9 Å². The quantitative estimate of drug-likeness (QED) is 0.644. The van der Waals surface area contributed by atoms with Gasteiger partial charge in [-0.2, -0.15) is 0 Å². The van der Waals surface area contributed by atoms with Gasteiger partial charge in [0.2, 0.25) is 0 Å². The Kier molecular flexibility index (Phi) is 4.19. The van der Waals surface area contributed by atoms with Crippen molar-refractivity contribution in [3.8, 4) is 0 Å². The van der Waals surface area contributed by atoms with E-state index in [-0.39, 0.29) is 17.3 Å². The highest BCUT2D eigenvalue weighted by atomic mass is 16.6. The largest absolute Gasteiger partial charge is 0.477 e. The summed E-state index contributed by atoms with van der Waals surface area (Å²) in [4.78, 5) is 23.4. The molecule has 2 N–H and O–H groups in total. The Labute approximate surface area is 116 Å². The second-order valence-corrected chi connectivity index (χ2v) is 5.02. The molecule has 1 heterocycles. The Bertz CT molecular complexity index is 524. The average Bonchev–Trinajstić information content (AvgIpc) is 2.41. The predicted molar refractivity (Wildman–Crippen MR) is 74.2 cm³/mol. The monoisotopic (exact) mass is 279 g/mol. The molecule has 2 rings (SSSR count). The first kappa shape index (κ1) is 14.3. The standard InChI is InChI=1S/C13H17N3O4/c1-15-6-4-9(5-7-15)14-10-2-3-12(16(19)20)11(8-10)13(17)18/h2-3,8-9,14H,4-7H2,1H3,(H,17,18). The highest BCUT2D eigenvalue weighted by Crippen LogP contribution is 2.24. The fourth-order valence-corrected chi connectivity index (χ4v) is 2.34. The van der Waals surface area contributed by atoms with Crippen molar-refractivity contribution in [2.75, 3.05) is 25.5 Å². The summed E-state index contributed by atoms with van der Waals surface area (Å²) in [5.74, 6) is -1.29. The lowest BCUT2D eigenvalue weighted by molar-refractivity contribution is -0.385. The van der Waals surface area contributed by atoms with Gasteiger partial charge in [0.15, 0.2) is 0 Å². The fourth-order valence-electron chi connectivity index (χ4n) is 2.34. The van der Waals surface area contributed by atoms with Gasteiger partial charge in [-0.25, -0.2) is 4.79 Å². The molecule has 1 aromatic carbocycles. The highest BCUT2D eigenvalue weighted by Gasteiger charge is 2.21. The van der Waals surface area contributed by atoms with E-state index in [0.29, 0.717) is 5.69 Å². The number of nitro groups is 1. The number of aromatic carboxylic acids is 1. The van der Waals surface area contributed by atoms with E-state index >= 15 is 0 Å². The summed E-state index contributed by atoms with van der Waals surface area (Å²) in [6.07, 6.45) is 1.94. The molecule has 0 radical (unpaired) electrons. The number of carboxylic acids is 1. The lowest BCUT2D eigenvalue weighted by Gasteiger charge is -2.30. The number of hydrogen-bond donors (Lipinski definition) is 2. The lowest BCUT2D eigenvalue weighted by Crippen LogP contribution is -2.36. The van der Waals surface area contributed by atoms with Gasteiger partial charge in [0.1, 0.15) is 5.56 Å². The van der Waals surface area contributed by atoms with Gasteiger partial charge in [-0.05, 0) is 45.1 Å². The molecular weight excluding hydrogens is 262 g/mol. The van der Waals surface area contributed by atoms with Crippen molar-refractivity contribution in [2.24, 2.45) is 0 Å². The van der Waals surface area contributed by atoms with Crippen LogP contribution in [-0.4, -0.2) is 47.1 Å². The number of hydrogen-bond acceptors (Lipinski definition) is 5. The smallest absolute Gasteiger partial charge is 0.342 e. The van der Waals surface area contributed by atoms with Crippen molar-refractivity contribution in [3.63, 3.8) is 0 Å². The fraction of sp³-hybridized carbons (Fsp3) is 0.462. The summed E-state index contributed by atoms with van der Waals surface area (Å²) in [6, 6.07) is 4.40. The van der Waals surface area contributed by atoms with Gasteiger partial charge in [0, 0.05) is 17.8 Å². The normalized spacial score (nSPS) is 16.9. The van der Waals surface area contributed by atoms with E-state index in [1.54, 1.807) is 6.07 Å². The molecule has 1 fully saturated rings. The number of rotatable bonds is 4. The molecule has 1 aliphatic rings. The molecular formula is C13H17N3O4. The predicted octanol–water partition coefficient (Wildman–Crippen LogP) is 1.80. The van der Waals surface area contributed by atoms with Crippen LogP contribution in [0.4, 0.5) is 11.4 Å². The van der Waals surface area contributed by atoms with Crippen LogP contribution in [0.1, 0.15) is 23.2 Å². The lowest BCUT2D eigenvalue weighted by atomic mass is 10.0. The maximum absolute atomic E-state index is 11.1. The first-order chi connectivity index (χ1) is 9.47. The Morgan fingerprint density at radius 3 is 2.65 bits per heavy atom. The van der Waals surface area contributed by atoms with E-state index in [2.05, 4.69) is 17.3 Å². The maximum Gasteiger partial charge on any atom is 0.342 e. The molecule has 0 unspecified atom stereocenters. The molecule has 108 valence electrons. The zero-order chi connectivity index (χ0) is 14.7. The van der Waals surface area contributed by atoms with Crippen molar-refractivity contribution < 1.29 is 14.8 Å². The third-order valence-corrected chi connectivity index (χ3v) is 3.51. The minimum Gasteiger partial charge on any atom is -0.477 e. The van der Waals surface area contributed by atoms with Crippen molar-refractivity contribution >= 4 is 17.3 Å². The summed E-state index contributed by atoms with van der Waals surface area (Å²) in [5, 5.41) is 23.1. The second-order valence-electron chi connectivity index (χ2n) is 5.02. The Balaban J connectivity index is 2.15. The molecule has 7 heteroatoms. The zero-order valence-corrected chi connectivity index (χ0v) is 11.2. The van der Waals surface area contributed by atoms with Crippen LogP contribution >= 0.6 is 0 Å². The number of benzene rings is 1. The van der Waals surface area contributed by atoms with Crippen molar-refractivity contribution in [2.45, 2.75) is 18.9 Å². The van der Waals surface area contributed by atoms with Crippen molar-refractivity contribution in [3.05, 3.63) is 33.9 Å². The van der Waals surface area contributed by atoms with E-state index in [1.165, 1.54) is 12.1 Å². The van der Waals surface area contributed by atoms with Gasteiger partial charge in [0.05, 0.1) is 4.92 Å². The Morgan fingerprint density at radius 2 is 2.10 bits per heavy atom. The molecule has 0 atom stereocenters. The van der Waals surface area contributed by atoms with E-state index < -0.39 is 10.9 Å². The number of nitrogens with one attached hydrogen (secondary N) is 1. The van der Waals surface area contributed by atoms with Gasteiger partial charge in [-0.3, -0.25) is 10.1 Å². The molecule has 0 aromatic heterocycles. The van der Waals surface area contributed by atoms with Gasteiger partial charge >= 0.3 is 5.97 Å². The number of carboxylic acid groups (broad SMARTS) is 1. The number of piperidine rings is 1. The van der Waals surface area contributed by atoms with Crippen molar-refractivity contribution in [1.29, 1.82) is 0 Å². The van der Waals surface area contributed by atoms with Crippen LogP contribution in [0.25, 0.3) is 0 Å². The summed E-state index contributed by atoms with van der Waals surface area (Å²) in [5.41, 5.74) is -0.0538. The second kappa shape index (κ2) is 5.87. The third-order valence-electron chi connectivity index (χ3n) is 3.51. The molecule has 0 aliphatic carbocycles. The molecule has 20 heavy (non-hydrogen) atoms. The van der Waals surface area contributed by atoms with Crippen LogP contribution in [-0.2, 0) is 0 Å². The molecule has 1 aliphatic heterocycles. The van der Waals surface area contributed by atoms with Gasteiger partial charge in [-0.15, -0.1) is 0 Å². The van der Waals surface area contributed by atoms with Crippen LogP contribution in [0.15, 0.2) is 18.2 Å². The summed E-state index contributed by atoms with van der Waals surface area (Å²) in [6.45, 7) is 1.97. The van der Waals surface area contributed by atoms with Gasteiger partial charge < -0.3 is 15.3 Å². The molecule has 7 nitrogen and oxygen atoms in total. The first-order valence-corrected chi connectivity index (χ1v) is 6.44. The minimum absolute atomic E-state index is 0.273. The summed E-state index contributed by atoms with van der Waals surface area (Å²) < 4.78 is 0. The van der Waals surface area contributed by atoms with Crippen LogP contribution in [0, 0.1) is 10.1 Å². The molecule has 0 saturated carbocycles. The summed E-state index contributed by atoms with van der Waals surface area (Å²) >= 11 is 0. The first-order valence-electron chi connectivity index (χ1n) is 6.44. The number of anilines is 1. The molecule has 1 saturated heterocycles. The van der Waals surface area contributed by atoms with E-state index in [1.807, 2.05) is 0 Å². The van der Waals surface area contributed by atoms with Crippen LogP contribution in [0.5, 0.6) is 0 Å². The SMILES string of the molecule is CN1CCC(Nc2ccc([N+](=O)[O-])c(C(=O)O)c2)CC1. The number of nitro benzene ring substituents is 1. The minimum atomic E-state index is -1.29. The number of likely N-dealkylation sites (tertiary alicyclic amines) is 1. The topological polar surface area (TPSA) is 95.7 Å². The number of nitrogens with zero attached hydrogens (tertiary/aromatic N) is 2. The zero-order valence-electron chi connectivity index (χ0n) is 11.2. The van der Waals surface area contributed by atoms with E-state index in [9.17, 15) is 14.9 Å². The van der Waals surface area contributed by atoms with E-state index in [4.69, 9.17) is 5.11 Å². The average molecular weight is 279 g/mol. The molecule has 0 spiro atoms. The van der Waals surface area contributed by atoms with Crippen molar-refractivity contribution in [1.82, 2.24) is 4.90 Å². The van der Waals surface area contributed by atoms with Crippen LogP contribution in [0.3, 0.4) is 0 Å². The highest BCUT2D eigenvalue weighted by molar-refractivity contribution is 5.93. The number of carbonyl (C=O) groups is 1. The van der Waals surface area contributed by atoms with Crippen LogP contribution in [0.2, 0.25) is 0 Å². The maximum atomic E-state index is 11.1. The Morgan fingerprint density at radius 1 is 1.45 bits per heavy atom. The molecule has 1 aromatic rings. The third kappa shape index (κ3) is 3.24. The van der Waals surface area contributed by atoms with Gasteiger partial charge in [0.25, 0.3) is 5.69 Å². The molecule has 0 bridgehead atoms. The Hall–Kier alpha value is -2.15.